The van der Waals surface area contributed by atoms with Crippen molar-refractivity contribution in [3.8, 4) is 0 Å². The molecule has 2 aromatic heterocycles. The lowest BCUT2D eigenvalue weighted by molar-refractivity contribution is 0.0893. The molecule has 2 atom stereocenters. The maximum Gasteiger partial charge on any atom is 0.252 e. The minimum absolute atomic E-state index is 0.0261. The van der Waals surface area contributed by atoms with Crippen molar-refractivity contribution in [1.82, 2.24) is 19.5 Å². The van der Waals surface area contributed by atoms with Crippen molar-refractivity contribution >= 4 is 22.6 Å². The van der Waals surface area contributed by atoms with Crippen LogP contribution in [0.2, 0.25) is 0 Å². The second kappa shape index (κ2) is 5.50. The van der Waals surface area contributed by atoms with Crippen LogP contribution in [0.25, 0.3) is 16.7 Å². The van der Waals surface area contributed by atoms with Gasteiger partial charge >= 0.3 is 0 Å². The molecule has 1 aliphatic carbocycles. The highest BCUT2D eigenvalue weighted by atomic mass is 19.3. The number of carbonyl (C=O) groups is 1. The number of primary amides is 1. The van der Waals surface area contributed by atoms with Crippen LogP contribution in [-0.4, -0.2) is 51.0 Å². The molecule has 1 amide bonds. The Labute approximate surface area is 158 Å². The van der Waals surface area contributed by atoms with Gasteiger partial charge in [-0.25, -0.2) is 17.7 Å². The molecular weight excluding hydrogens is 371 g/mol. The fourth-order valence-corrected chi connectivity index (χ4v) is 4.53. The Kier molecular flexibility index (Phi) is 3.44. The summed E-state index contributed by atoms with van der Waals surface area (Å²) in [6.07, 6.45) is 2.51. The third-order valence-electron chi connectivity index (χ3n) is 6.21. The number of alkyl halides is 2. The fourth-order valence-electron chi connectivity index (χ4n) is 4.53. The highest BCUT2D eigenvalue weighted by Gasteiger charge is 2.57. The molecule has 0 spiro atoms. The topological polar surface area (TPSA) is 79.4 Å². The van der Waals surface area contributed by atoms with Gasteiger partial charge in [0.25, 0.3) is 11.8 Å². The summed E-state index contributed by atoms with van der Waals surface area (Å²) < 4.78 is 42.0. The van der Waals surface area contributed by atoms with E-state index in [9.17, 15) is 18.0 Å². The molecule has 0 bridgehead atoms. The quantitative estimate of drug-likeness (QED) is 0.718. The Balaban J connectivity index is 1.53. The van der Waals surface area contributed by atoms with E-state index < -0.39 is 23.6 Å². The average molecular weight is 391 g/mol. The Hall–Kier alpha value is -2.55. The second-order valence-electron chi connectivity index (χ2n) is 8.37. The van der Waals surface area contributed by atoms with E-state index in [1.54, 1.807) is 10.7 Å². The summed E-state index contributed by atoms with van der Waals surface area (Å²) in [4.78, 5) is 17.0. The number of imidazole rings is 1. The normalized spacial score (nSPS) is 27.1. The van der Waals surface area contributed by atoms with Crippen molar-refractivity contribution in [2.45, 2.75) is 31.1 Å². The van der Waals surface area contributed by atoms with Gasteiger partial charge in [-0.15, -0.1) is 0 Å². The van der Waals surface area contributed by atoms with Gasteiger partial charge in [0.2, 0.25) is 0 Å². The first-order chi connectivity index (χ1) is 13.2. The minimum atomic E-state index is -2.52. The first-order valence-electron chi connectivity index (χ1n) is 9.27. The van der Waals surface area contributed by atoms with Crippen molar-refractivity contribution < 1.29 is 18.0 Å². The van der Waals surface area contributed by atoms with Crippen molar-refractivity contribution in [2.24, 2.45) is 11.7 Å². The number of likely N-dealkylation sites (tertiary alicyclic amines) is 1. The van der Waals surface area contributed by atoms with E-state index in [0.717, 1.165) is 24.6 Å². The number of hydrogen-bond acceptors (Lipinski definition) is 3. The van der Waals surface area contributed by atoms with Gasteiger partial charge in [0.1, 0.15) is 17.0 Å². The molecule has 2 aliphatic rings. The van der Waals surface area contributed by atoms with Crippen LogP contribution in [0, 0.1) is 11.7 Å². The van der Waals surface area contributed by atoms with Gasteiger partial charge in [0, 0.05) is 36.4 Å². The van der Waals surface area contributed by atoms with E-state index in [1.807, 2.05) is 0 Å². The number of carbonyl (C=O) groups excluding carboxylic acids is 1. The maximum atomic E-state index is 13.9. The van der Waals surface area contributed by atoms with Crippen molar-refractivity contribution in [1.29, 1.82) is 0 Å². The van der Waals surface area contributed by atoms with Gasteiger partial charge in [0.05, 0.1) is 17.3 Å². The summed E-state index contributed by atoms with van der Waals surface area (Å²) in [5.41, 5.74) is 7.67. The Morgan fingerprint density at radius 1 is 1.43 bits per heavy atom. The SMILES string of the molecule is CC1(c2cnn3c2[nH]c2cc(F)cc(C(N)=O)c23)CCN(CC2CC2(F)F)C1. The highest BCUT2D eigenvalue weighted by Crippen LogP contribution is 2.50. The van der Waals surface area contributed by atoms with E-state index in [1.165, 1.54) is 6.07 Å². The lowest BCUT2D eigenvalue weighted by atomic mass is 9.83. The summed E-state index contributed by atoms with van der Waals surface area (Å²) in [6, 6.07) is 2.41. The third kappa shape index (κ3) is 2.52. The number of rotatable bonds is 4. The fraction of sp³-hybridized carbons (Fsp3) is 0.474. The molecule has 1 aromatic carbocycles. The average Bonchev–Trinajstić information content (AvgIpc) is 3.01. The van der Waals surface area contributed by atoms with Gasteiger partial charge in [-0.2, -0.15) is 5.10 Å². The minimum Gasteiger partial charge on any atom is -0.366 e. The zero-order valence-corrected chi connectivity index (χ0v) is 15.3. The molecule has 1 saturated carbocycles. The molecular formula is C19H20F3N5O. The standard InChI is InChI=1S/C19H20F3N5O/c1-18(2-3-26(9-18)8-10-6-19(10,21)22)13-7-24-27-15-12(16(23)28)4-11(20)5-14(15)25-17(13)27/h4-5,7,10,25H,2-3,6,8-9H2,1H3,(H2,23,28). The van der Waals surface area contributed by atoms with Crippen LogP contribution >= 0.6 is 0 Å². The van der Waals surface area contributed by atoms with Crippen molar-refractivity contribution in [3.63, 3.8) is 0 Å². The molecule has 6 nitrogen and oxygen atoms in total. The molecule has 5 rings (SSSR count). The van der Waals surface area contributed by atoms with Crippen molar-refractivity contribution in [2.75, 3.05) is 19.6 Å². The molecule has 0 radical (unpaired) electrons. The number of H-pyrrole nitrogens is 1. The number of nitrogens with two attached hydrogens (primary N) is 1. The zero-order chi connectivity index (χ0) is 19.8. The second-order valence-corrected chi connectivity index (χ2v) is 8.37. The first kappa shape index (κ1) is 17.5. The van der Waals surface area contributed by atoms with E-state index in [-0.39, 0.29) is 17.4 Å². The molecule has 1 aliphatic heterocycles. The number of amides is 1. The van der Waals surface area contributed by atoms with E-state index in [0.29, 0.717) is 29.8 Å². The molecule has 28 heavy (non-hydrogen) atoms. The van der Waals surface area contributed by atoms with Gasteiger partial charge in [0.15, 0.2) is 0 Å². The highest BCUT2D eigenvalue weighted by molar-refractivity contribution is 6.05. The van der Waals surface area contributed by atoms with Gasteiger partial charge in [-0.3, -0.25) is 4.79 Å². The van der Waals surface area contributed by atoms with Crippen LogP contribution in [0.5, 0.6) is 0 Å². The van der Waals surface area contributed by atoms with E-state index in [4.69, 9.17) is 5.73 Å². The number of fused-ring (bicyclic) bond motifs is 3. The predicted octanol–water partition coefficient (Wildman–Crippen LogP) is 2.67. The van der Waals surface area contributed by atoms with Crippen LogP contribution in [-0.2, 0) is 5.41 Å². The number of hydrogen-bond donors (Lipinski definition) is 2. The first-order valence-corrected chi connectivity index (χ1v) is 9.27. The Morgan fingerprint density at radius 2 is 2.18 bits per heavy atom. The molecule has 2 unspecified atom stereocenters. The Bertz CT molecular complexity index is 1120. The van der Waals surface area contributed by atoms with E-state index in [2.05, 4.69) is 21.9 Å². The number of benzene rings is 1. The molecule has 9 heteroatoms. The lowest BCUT2D eigenvalue weighted by Crippen LogP contribution is -2.30. The van der Waals surface area contributed by atoms with Crippen LogP contribution in [0.1, 0.15) is 35.7 Å². The number of halogens is 3. The van der Waals surface area contributed by atoms with Gasteiger partial charge in [-0.05, 0) is 25.1 Å². The molecule has 2 fully saturated rings. The van der Waals surface area contributed by atoms with Crippen LogP contribution in [0.15, 0.2) is 18.3 Å². The molecule has 1 saturated heterocycles. The smallest absolute Gasteiger partial charge is 0.252 e. The summed E-state index contributed by atoms with van der Waals surface area (Å²) in [7, 11) is 0. The Morgan fingerprint density at radius 3 is 2.86 bits per heavy atom. The van der Waals surface area contributed by atoms with E-state index >= 15 is 0 Å². The summed E-state index contributed by atoms with van der Waals surface area (Å²) in [5, 5.41) is 4.41. The van der Waals surface area contributed by atoms with Crippen LogP contribution in [0.3, 0.4) is 0 Å². The summed E-state index contributed by atoms with van der Waals surface area (Å²) >= 11 is 0. The van der Waals surface area contributed by atoms with Gasteiger partial charge in [-0.1, -0.05) is 6.92 Å². The zero-order valence-electron chi connectivity index (χ0n) is 15.3. The van der Waals surface area contributed by atoms with Crippen molar-refractivity contribution in [3.05, 3.63) is 35.3 Å². The lowest BCUT2D eigenvalue weighted by Gasteiger charge is -2.23. The number of nitrogens with one attached hydrogen (secondary N) is 1. The monoisotopic (exact) mass is 391 g/mol. The number of aromatic amines is 1. The van der Waals surface area contributed by atoms with Crippen LogP contribution in [0.4, 0.5) is 13.2 Å². The number of nitrogens with zero attached hydrogens (tertiary/aromatic N) is 3. The molecule has 3 N–H and O–H groups in total. The maximum absolute atomic E-state index is 13.9. The van der Waals surface area contributed by atoms with Gasteiger partial charge < -0.3 is 15.6 Å². The summed E-state index contributed by atoms with van der Waals surface area (Å²) in [5.74, 6) is -4.35. The molecule has 148 valence electrons. The molecule has 3 aromatic rings. The summed E-state index contributed by atoms with van der Waals surface area (Å²) in [6.45, 7) is 3.86. The molecule has 3 heterocycles. The number of aromatic nitrogens is 3. The van der Waals surface area contributed by atoms with Crippen LogP contribution < -0.4 is 5.73 Å². The predicted molar refractivity (Wildman–Crippen MR) is 97.0 cm³/mol. The largest absolute Gasteiger partial charge is 0.366 e. The third-order valence-corrected chi connectivity index (χ3v) is 6.21.